The van der Waals surface area contributed by atoms with E-state index >= 15 is 0 Å². The first-order chi connectivity index (χ1) is 6.33. The van der Waals surface area contributed by atoms with Gasteiger partial charge in [-0.3, -0.25) is 10.1 Å². The summed E-state index contributed by atoms with van der Waals surface area (Å²) in [6.45, 7) is 3.74. The van der Waals surface area contributed by atoms with Crippen molar-refractivity contribution < 1.29 is 9.53 Å². The van der Waals surface area contributed by atoms with Gasteiger partial charge in [0.25, 0.3) is 0 Å². The van der Waals surface area contributed by atoms with Gasteiger partial charge in [-0.05, 0) is 32.7 Å². The molecule has 13 heavy (non-hydrogen) atoms. The highest BCUT2D eigenvalue weighted by molar-refractivity contribution is 5.77. The Hall–Kier alpha value is -0.610. The molecular weight excluding hydrogens is 168 g/mol. The largest absolute Gasteiger partial charge is 0.354 e. The summed E-state index contributed by atoms with van der Waals surface area (Å²) in [5, 5.41) is 5.91. The van der Waals surface area contributed by atoms with Crippen LogP contribution in [-0.4, -0.2) is 31.8 Å². The Morgan fingerprint density at radius 3 is 3.08 bits per heavy atom. The van der Waals surface area contributed by atoms with Crippen molar-refractivity contribution in [3.05, 3.63) is 0 Å². The number of amides is 1. The molecule has 0 aromatic heterocycles. The van der Waals surface area contributed by atoms with Crippen molar-refractivity contribution >= 4 is 5.91 Å². The summed E-state index contributed by atoms with van der Waals surface area (Å²) in [5.41, 5.74) is 0. The number of likely N-dealkylation sites (N-methyl/N-ethyl adjacent to an activating group) is 1. The second kappa shape index (κ2) is 5.94. The molecule has 4 heteroatoms. The molecule has 2 N–H and O–H groups in total. The Kier molecular flexibility index (Phi) is 4.78. The third-order valence-corrected chi connectivity index (χ3v) is 2.05. The van der Waals surface area contributed by atoms with Gasteiger partial charge >= 0.3 is 0 Å². The third kappa shape index (κ3) is 4.24. The first-order valence-electron chi connectivity index (χ1n) is 4.94. The zero-order valence-electron chi connectivity index (χ0n) is 8.14. The van der Waals surface area contributed by atoms with Gasteiger partial charge < -0.3 is 10.1 Å². The molecule has 0 aromatic carbocycles. The maximum Gasteiger partial charge on any atom is 0.246 e. The van der Waals surface area contributed by atoms with Gasteiger partial charge in [-0.2, -0.15) is 0 Å². The van der Waals surface area contributed by atoms with E-state index in [1.165, 1.54) is 12.8 Å². The van der Waals surface area contributed by atoms with Crippen LogP contribution in [0.2, 0.25) is 0 Å². The van der Waals surface area contributed by atoms with Gasteiger partial charge in [-0.15, -0.1) is 0 Å². The average molecular weight is 186 g/mol. The van der Waals surface area contributed by atoms with Crippen LogP contribution in [0.25, 0.3) is 0 Å². The van der Waals surface area contributed by atoms with Crippen LogP contribution in [0, 0.1) is 0 Å². The quantitative estimate of drug-likeness (QED) is 0.661. The Bertz CT molecular complexity index is 156. The van der Waals surface area contributed by atoms with Gasteiger partial charge in [-0.25, -0.2) is 0 Å². The molecule has 0 aliphatic carbocycles. The van der Waals surface area contributed by atoms with Gasteiger partial charge in [0.1, 0.15) is 12.8 Å². The summed E-state index contributed by atoms with van der Waals surface area (Å²) in [6.07, 6.45) is 3.49. The zero-order chi connectivity index (χ0) is 9.52. The second-order valence-corrected chi connectivity index (χ2v) is 3.20. The lowest BCUT2D eigenvalue weighted by atomic mass is 10.1. The minimum Gasteiger partial charge on any atom is -0.354 e. The van der Waals surface area contributed by atoms with Crippen LogP contribution < -0.4 is 10.6 Å². The summed E-state index contributed by atoms with van der Waals surface area (Å²) in [7, 11) is 0. The number of ether oxygens (including phenoxy) is 1. The van der Waals surface area contributed by atoms with Gasteiger partial charge in [-0.1, -0.05) is 0 Å². The molecule has 1 saturated heterocycles. The monoisotopic (exact) mass is 186 g/mol. The molecule has 0 aromatic rings. The fourth-order valence-corrected chi connectivity index (χ4v) is 1.39. The topological polar surface area (TPSA) is 50.4 Å². The smallest absolute Gasteiger partial charge is 0.246 e. The van der Waals surface area contributed by atoms with Crippen LogP contribution in [0.4, 0.5) is 0 Å². The predicted molar refractivity (Wildman–Crippen MR) is 50.3 cm³/mol. The molecular formula is C9H18N2O2. The third-order valence-electron chi connectivity index (χ3n) is 2.05. The number of carbonyl (C=O) groups is 1. The Balaban J connectivity index is 2.06. The SMILES string of the molecule is CCNC(=O)COC1CCCCN1. The van der Waals surface area contributed by atoms with E-state index in [0.29, 0.717) is 6.54 Å². The first kappa shape index (κ1) is 10.5. The van der Waals surface area contributed by atoms with E-state index < -0.39 is 0 Å². The van der Waals surface area contributed by atoms with E-state index in [-0.39, 0.29) is 18.7 Å². The van der Waals surface area contributed by atoms with Gasteiger partial charge in [0, 0.05) is 6.54 Å². The highest BCUT2D eigenvalue weighted by atomic mass is 16.5. The zero-order valence-corrected chi connectivity index (χ0v) is 8.14. The van der Waals surface area contributed by atoms with Crippen molar-refractivity contribution in [3.8, 4) is 0 Å². The highest BCUT2D eigenvalue weighted by Crippen LogP contribution is 2.07. The minimum atomic E-state index is -0.0325. The van der Waals surface area contributed by atoms with Crippen LogP contribution in [0.1, 0.15) is 26.2 Å². The average Bonchev–Trinajstić information content (AvgIpc) is 2.17. The molecule has 0 radical (unpaired) electrons. The second-order valence-electron chi connectivity index (χ2n) is 3.20. The lowest BCUT2D eigenvalue weighted by Gasteiger charge is -2.23. The van der Waals surface area contributed by atoms with Gasteiger partial charge in [0.05, 0.1) is 0 Å². The van der Waals surface area contributed by atoms with E-state index in [1.807, 2.05) is 6.92 Å². The molecule has 1 aliphatic rings. The summed E-state index contributed by atoms with van der Waals surface area (Å²) in [4.78, 5) is 11.0. The standard InChI is InChI=1S/C9H18N2O2/c1-2-10-8(12)7-13-9-5-3-4-6-11-9/h9,11H,2-7H2,1H3,(H,10,12). The van der Waals surface area contributed by atoms with Crippen molar-refractivity contribution in [1.82, 2.24) is 10.6 Å². The van der Waals surface area contributed by atoms with E-state index in [9.17, 15) is 4.79 Å². The highest BCUT2D eigenvalue weighted by Gasteiger charge is 2.13. The summed E-state index contributed by atoms with van der Waals surface area (Å²) in [6, 6.07) is 0. The molecule has 1 heterocycles. The van der Waals surface area contributed by atoms with Crippen LogP contribution in [0.15, 0.2) is 0 Å². The lowest BCUT2D eigenvalue weighted by Crippen LogP contribution is -2.39. The Morgan fingerprint density at radius 2 is 2.46 bits per heavy atom. The Morgan fingerprint density at radius 1 is 1.62 bits per heavy atom. The van der Waals surface area contributed by atoms with Crippen molar-refractivity contribution in [1.29, 1.82) is 0 Å². The van der Waals surface area contributed by atoms with Crippen molar-refractivity contribution in [2.24, 2.45) is 0 Å². The summed E-state index contributed by atoms with van der Waals surface area (Å²) >= 11 is 0. The fourth-order valence-electron chi connectivity index (χ4n) is 1.39. The lowest BCUT2D eigenvalue weighted by molar-refractivity contribution is -0.128. The minimum absolute atomic E-state index is 0.0325. The van der Waals surface area contributed by atoms with E-state index in [2.05, 4.69) is 10.6 Å². The summed E-state index contributed by atoms with van der Waals surface area (Å²) < 4.78 is 5.37. The van der Waals surface area contributed by atoms with E-state index in [4.69, 9.17) is 4.74 Å². The summed E-state index contributed by atoms with van der Waals surface area (Å²) in [5.74, 6) is -0.0325. The number of piperidine rings is 1. The number of carbonyl (C=O) groups excluding carboxylic acids is 1. The molecule has 4 nitrogen and oxygen atoms in total. The first-order valence-corrected chi connectivity index (χ1v) is 4.94. The Labute approximate surface area is 79.0 Å². The fraction of sp³-hybridized carbons (Fsp3) is 0.889. The molecule has 0 bridgehead atoms. The molecule has 1 atom stereocenters. The normalized spacial score (nSPS) is 22.7. The number of hydrogen-bond donors (Lipinski definition) is 2. The molecule has 1 rings (SSSR count). The van der Waals surface area contributed by atoms with E-state index in [0.717, 1.165) is 13.0 Å². The maximum atomic E-state index is 11.0. The molecule has 76 valence electrons. The van der Waals surface area contributed by atoms with Gasteiger partial charge in [0.2, 0.25) is 5.91 Å². The van der Waals surface area contributed by atoms with Crippen molar-refractivity contribution in [3.63, 3.8) is 0 Å². The van der Waals surface area contributed by atoms with Crippen molar-refractivity contribution in [2.45, 2.75) is 32.4 Å². The van der Waals surface area contributed by atoms with Crippen LogP contribution in [0.3, 0.4) is 0 Å². The van der Waals surface area contributed by atoms with Crippen LogP contribution >= 0.6 is 0 Å². The molecule has 1 fully saturated rings. The maximum absolute atomic E-state index is 11.0. The van der Waals surface area contributed by atoms with Crippen LogP contribution in [0.5, 0.6) is 0 Å². The molecule has 1 aliphatic heterocycles. The van der Waals surface area contributed by atoms with Gasteiger partial charge in [0.15, 0.2) is 0 Å². The van der Waals surface area contributed by atoms with Crippen LogP contribution in [-0.2, 0) is 9.53 Å². The van der Waals surface area contributed by atoms with Crippen molar-refractivity contribution in [2.75, 3.05) is 19.7 Å². The molecule has 0 spiro atoms. The molecule has 1 amide bonds. The number of nitrogens with one attached hydrogen (secondary N) is 2. The number of hydrogen-bond acceptors (Lipinski definition) is 3. The molecule has 0 saturated carbocycles. The van der Waals surface area contributed by atoms with E-state index in [1.54, 1.807) is 0 Å². The number of rotatable bonds is 4. The predicted octanol–water partition coefficient (Wildman–Crippen LogP) is 0.239. The molecule has 1 unspecified atom stereocenters.